The summed E-state index contributed by atoms with van der Waals surface area (Å²) in [7, 11) is 0. The number of carboxylic acids is 1. The van der Waals surface area contributed by atoms with Gasteiger partial charge < -0.3 is 5.11 Å². The van der Waals surface area contributed by atoms with Gasteiger partial charge in [0.15, 0.2) is 0 Å². The monoisotopic (exact) mass is 290 g/mol. The van der Waals surface area contributed by atoms with Gasteiger partial charge in [-0.05, 0) is 25.3 Å². The van der Waals surface area contributed by atoms with Gasteiger partial charge in [-0.2, -0.15) is 0 Å². The zero-order chi connectivity index (χ0) is 15.5. The predicted octanol–water partition coefficient (Wildman–Crippen LogP) is 0.976. The maximum atomic E-state index is 11.9. The molecule has 21 heavy (non-hydrogen) atoms. The Morgan fingerprint density at radius 3 is 2.33 bits per heavy atom. The van der Waals surface area contributed by atoms with Crippen LogP contribution < -0.4 is 10.9 Å². The Bertz CT molecular complexity index is 554. The van der Waals surface area contributed by atoms with Crippen LogP contribution >= 0.6 is 0 Å². The number of rotatable bonds is 5. The van der Waals surface area contributed by atoms with E-state index in [-0.39, 0.29) is 18.2 Å². The molecule has 0 aromatic heterocycles. The third-order valence-corrected chi connectivity index (χ3v) is 3.67. The van der Waals surface area contributed by atoms with E-state index in [0.717, 1.165) is 12.8 Å². The van der Waals surface area contributed by atoms with Crippen molar-refractivity contribution in [1.29, 1.82) is 0 Å². The maximum Gasteiger partial charge on any atom is 0.314 e. The first-order valence-corrected chi connectivity index (χ1v) is 6.81. The summed E-state index contributed by atoms with van der Waals surface area (Å²) in [6, 6.07) is 8.57. The highest BCUT2D eigenvalue weighted by molar-refractivity contribution is 5.90. The molecule has 1 aliphatic carbocycles. The molecule has 2 rings (SSSR count). The number of hydrogen-bond donors (Lipinski definition) is 3. The Kier molecular flexibility index (Phi) is 4.26. The highest BCUT2D eigenvalue weighted by Crippen LogP contribution is 2.29. The summed E-state index contributed by atoms with van der Waals surface area (Å²) in [6.45, 7) is 1.49. The second kappa shape index (κ2) is 5.95. The van der Waals surface area contributed by atoms with Crippen molar-refractivity contribution in [2.24, 2.45) is 5.92 Å². The fourth-order valence-corrected chi connectivity index (χ4v) is 2.05. The second-order valence-electron chi connectivity index (χ2n) is 5.49. The molecule has 2 amide bonds. The maximum absolute atomic E-state index is 11.9. The Balaban J connectivity index is 2.00. The number of hydrazine groups is 1. The fraction of sp³-hybridized carbons (Fsp3) is 0.400. The summed E-state index contributed by atoms with van der Waals surface area (Å²) in [6.07, 6.45) is 1.41. The first-order valence-electron chi connectivity index (χ1n) is 6.81. The lowest BCUT2D eigenvalue weighted by Gasteiger charge is -2.24. The van der Waals surface area contributed by atoms with Crippen molar-refractivity contribution in [3.63, 3.8) is 0 Å². The molecule has 1 aliphatic rings. The molecule has 1 atom stereocenters. The molecule has 1 fully saturated rings. The third-order valence-electron chi connectivity index (χ3n) is 3.67. The van der Waals surface area contributed by atoms with Gasteiger partial charge in [-0.1, -0.05) is 30.3 Å². The van der Waals surface area contributed by atoms with Crippen molar-refractivity contribution in [2.75, 3.05) is 0 Å². The standard InChI is InChI=1S/C15H18N2O4/c1-15(14(20)21,11-5-3-2-4-6-11)9-12(18)16-17-13(19)10-7-8-10/h2-6,10H,7-9H2,1H3,(H,16,18)(H,17,19)(H,20,21)/t15-/m1/s1. The van der Waals surface area contributed by atoms with Crippen molar-refractivity contribution in [3.8, 4) is 0 Å². The summed E-state index contributed by atoms with van der Waals surface area (Å²) in [4.78, 5) is 34.9. The van der Waals surface area contributed by atoms with E-state index in [1.54, 1.807) is 30.3 Å². The van der Waals surface area contributed by atoms with Gasteiger partial charge >= 0.3 is 5.97 Å². The van der Waals surface area contributed by atoms with Gasteiger partial charge in [-0.3, -0.25) is 25.2 Å². The van der Waals surface area contributed by atoms with Gasteiger partial charge in [-0.25, -0.2) is 0 Å². The minimum Gasteiger partial charge on any atom is -0.481 e. The Morgan fingerprint density at radius 2 is 1.81 bits per heavy atom. The lowest BCUT2D eigenvalue weighted by Crippen LogP contribution is -2.46. The number of hydrogen-bond acceptors (Lipinski definition) is 3. The third kappa shape index (κ3) is 3.59. The summed E-state index contributed by atoms with van der Waals surface area (Å²) in [5.74, 6) is -1.86. The van der Waals surface area contributed by atoms with Crippen LogP contribution in [0.1, 0.15) is 31.7 Å². The summed E-state index contributed by atoms with van der Waals surface area (Å²) in [5.41, 5.74) is 3.81. The van der Waals surface area contributed by atoms with E-state index in [4.69, 9.17) is 0 Å². The van der Waals surface area contributed by atoms with Crippen molar-refractivity contribution in [3.05, 3.63) is 35.9 Å². The number of amides is 2. The van der Waals surface area contributed by atoms with Crippen LogP contribution in [0.3, 0.4) is 0 Å². The van der Waals surface area contributed by atoms with Crippen LogP contribution in [0.25, 0.3) is 0 Å². The van der Waals surface area contributed by atoms with Gasteiger partial charge in [0, 0.05) is 12.3 Å². The first kappa shape index (κ1) is 15.0. The number of benzene rings is 1. The molecule has 0 heterocycles. The summed E-state index contributed by atoms with van der Waals surface area (Å²) in [5, 5.41) is 9.44. The average molecular weight is 290 g/mol. The van der Waals surface area contributed by atoms with E-state index in [1.165, 1.54) is 6.92 Å². The number of nitrogens with one attached hydrogen (secondary N) is 2. The molecule has 0 saturated heterocycles. The molecule has 0 radical (unpaired) electrons. The molecular weight excluding hydrogens is 272 g/mol. The second-order valence-corrected chi connectivity index (χ2v) is 5.49. The minimum absolute atomic E-state index is 0.0229. The Morgan fingerprint density at radius 1 is 1.19 bits per heavy atom. The smallest absolute Gasteiger partial charge is 0.314 e. The van der Waals surface area contributed by atoms with E-state index in [2.05, 4.69) is 10.9 Å². The van der Waals surface area contributed by atoms with Gasteiger partial charge in [-0.15, -0.1) is 0 Å². The van der Waals surface area contributed by atoms with Crippen LogP contribution in [0, 0.1) is 5.92 Å². The van der Waals surface area contributed by atoms with Crippen LogP contribution in [0.5, 0.6) is 0 Å². The van der Waals surface area contributed by atoms with Crippen LogP contribution in [0.4, 0.5) is 0 Å². The molecule has 1 saturated carbocycles. The Labute approximate surface area is 122 Å². The SMILES string of the molecule is C[C@](CC(=O)NNC(=O)C1CC1)(C(=O)O)c1ccccc1. The molecule has 6 heteroatoms. The zero-order valence-corrected chi connectivity index (χ0v) is 11.8. The lowest BCUT2D eigenvalue weighted by atomic mass is 9.79. The van der Waals surface area contributed by atoms with Crippen molar-refractivity contribution in [2.45, 2.75) is 31.6 Å². The molecule has 1 aromatic carbocycles. The minimum atomic E-state index is -1.34. The van der Waals surface area contributed by atoms with Gasteiger partial charge in [0.1, 0.15) is 0 Å². The summed E-state index contributed by atoms with van der Waals surface area (Å²) < 4.78 is 0. The molecule has 0 aliphatic heterocycles. The normalized spacial score (nSPS) is 16.6. The number of carboxylic acid groups (broad SMARTS) is 1. The average Bonchev–Trinajstić information content (AvgIpc) is 3.30. The largest absolute Gasteiger partial charge is 0.481 e. The molecule has 6 nitrogen and oxygen atoms in total. The van der Waals surface area contributed by atoms with E-state index < -0.39 is 17.3 Å². The molecule has 0 unspecified atom stereocenters. The quantitative estimate of drug-likeness (QED) is 0.704. The molecule has 1 aromatic rings. The highest BCUT2D eigenvalue weighted by Gasteiger charge is 2.38. The van der Waals surface area contributed by atoms with Gasteiger partial charge in [0.2, 0.25) is 11.8 Å². The fourth-order valence-electron chi connectivity index (χ4n) is 2.05. The molecule has 3 N–H and O–H groups in total. The van der Waals surface area contributed by atoms with Gasteiger partial charge in [0.25, 0.3) is 0 Å². The molecule has 0 spiro atoms. The van der Waals surface area contributed by atoms with E-state index in [0.29, 0.717) is 5.56 Å². The van der Waals surface area contributed by atoms with Crippen molar-refractivity contribution < 1.29 is 19.5 Å². The van der Waals surface area contributed by atoms with Crippen LogP contribution in [-0.4, -0.2) is 22.9 Å². The van der Waals surface area contributed by atoms with E-state index in [9.17, 15) is 19.5 Å². The molecular formula is C15H18N2O4. The first-order chi connectivity index (χ1) is 9.93. The van der Waals surface area contributed by atoms with Gasteiger partial charge in [0.05, 0.1) is 5.41 Å². The van der Waals surface area contributed by atoms with Crippen molar-refractivity contribution in [1.82, 2.24) is 10.9 Å². The van der Waals surface area contributed by atoms with Crippen LogP contribution in [-0.2, 0) is 19.8 Å². The highest BCUT2D eigenvalue weighted by atomic mass is 16.4. The molecule has 112 valence electrons. The van der Waals surface area contributed by atoms with Crippen LogP contribution in [0.2, 0.25) is 0 Å². The number of carbonyl (C=O) groups excluding carboxylic acids is 2. The predicted molar refractivity (Wildman–Crippen MR) is 75.1 cm³/mol. The number of aliphatic carboxylic acids is 1. The summed E-state index contributed by atoms with van der Waals surface area (Å²) >= 11 is 0. The Hall–Kier alpha value is -2.37. The topological polar surface area (TPSA) is 95.5 Å². The zero-order valence-electron chi connectivity index (χ0n) is 11.8. The van der Waals surface area contributed by atoms with Crippen LogP contribution in [0.15, 0.2) is 30.3 Å². The molecule has 0 bridgehead atoms. The van der Waals surface area contributed by atoms with E-state index >= 15 is 0 Å². The van der Waals surface area contributed by atoms with Crippen molar-refractivity contribution >= 4 is 17.8 Å². The lowest BCUT2D eigenvalue weighted by molar-refractivity contribution is -0.145. The van der Waals surface area contributed by atoms with E-state index in [1.807, 2.05) is 0 Å². The number of carbonyl (C=O) groups is 3.